The van der Waals surface area contributed by atoms with Crippen molar-refractivity contribution < 1.29 is 9.90 Å². The molecular formula is C14H22N2O2. The Hall–Kier alpha value is -1.55. The van der Waals surface area contributed by atoms with Crippen molar-refractivity contribution in [1.29, 1.82) is 0 Å². The molecule has 0 aliphatic rings. The lowest BCUT2D eigenvalue weighted by atomic mass is 10.1. The van der Waals surface area contributed by atoms with E-state index in [9.17, 15) is 4.79 Å². The van der Waals surface area contributed by atoms with Crippen molar-refractivity contribution in [3.8, 4) is 0 Å². The molecule has 1 aromatic rings. The van der Waals surface area contributed by atoms with Crippen molar-refractivity contribution in [3.63, 3.8) is 0 Å². The molecule has 18 heavy (non-hydrogen) atoms. The molecular weight excluding hydrogens is 228 g/mol. The van der Waals surface area contributed by atoms with E-state index in [4.69, 9.17) is 5.11 Å². The fourth-order valence-corrected chi connectivity index (χ4v) is 1.80. The molecule has 2 N–H and O–H groups in total. The lowest BCUT2D eigenvalue weighted by molar-refractivity contribution is 0.0696. The summed E-state index contributed by atoms with van der Waals surface area (Å²) in [6.45, 7) is 4.98. The maximum Gasteiger partial charge on any atom is 0.335 e. The summed E-state index contributed by atoms with van der Waals surface area (Å²) in [6, 6.07) is 5.72. The van der Waals surface area contributed by atoms with Gasteiger partial charge in [0.15, 0.2) is 0 Å². The summed E-state index contributed by atoms with van der Waals surface area (Å²) in [6.07, 6.45) is 1.05. The fourth-order valence-electron chi connectivity index (χ4n) is 1.80. The first kappa shape index (κ1) is 14.5. The van der Waals surface area contributed by atoms with Crippen molar-refractivity contribution >= 4 is 11.7 Å². The minimum atomic E-state index is -0.875. The molecule has 0 amide bonds. The molecule has 0 aliphatic heterocycles. The second-order valence-corrected chi connectivity index (χ2v) is 4.97. The molecule has 1 rings (SSSR count). The van der Waals surface area contributed by atoms with Gasteiger partial charge in [-0.3, -0.25) is 0 Å². The van der Waals surface area contributed by atoms with Crippen LogP contribution in [0.5, 0.6) is 0 Å². The number of carboxylic acid groups (broad SMARTS) is 1. The Kier molecular flexibility index (Phi) is 5.16. The Morgan fingerprint density at radius 3 is 2.61 bits per heavy atom. The van der Waals surface area contributed by atoms with E-state index in [2.05, 4.69) is 31.2 Å². The largest absolute Gasteiger partial charge is 0.478 e. The standard InChI is InChI=1S/C14H22N2O2/c1-10-9-12(5-6-13(10)14(17)18)15-11(2)7-8-16(3)4/h5-6,9,11,15H,7-8H2,1-4H3,(H,17,18). The number of aromatic carboxylic acids is 1. The van der Waals surface area contributed by atoms with Gasteiger partial charge < -0.3 is 15.3 Å². The van der Waals surface area contributed by atoms with Crippen LogP contribution in [0.15, 0.2) is 18.2 Å². The fraction of sp³-hybridized carbons (Fsp3) is 0.500. The number of carboxylic acids is 1. The lowest BCUT2D eigenvalue weighted by Crippen LogP contribution is -2.23. The molecule has 0 heterocycles. The normalized spacial score (nSPS) is 12.5. The van der Waals surface area contributed by atoms with Gasteiger partial charge in [0.1, 0.15) is 0 Å². The zero-order valence-electron chi connectivity index (χ0n) is 11.5. The molecule has 1 unspecified atom stereocenters. The molecule has 0 saturated carbocycles. The van der Waals surface area contributed by atoms with Gasteiger partial charge in [-0.2, -0.15) is 0 Å². The number of aryl methyl sites for hydroxylation is 1. The Bertz CT molecular complexity index is 416. The van der Waals surface area contributed by atoms with Crippen LogP contribution in [0, 0.1) is 6.92 Å². The summed E-state index contributed by atoms with van der Waals surface area (Å²) < 4.78 is 0. The number of hydrogen-bond donors (Lipinski definition) is 2. The Morgan fingerprint density at radius 2 is 2.11 bits per heavy atom. The van der Waals surface area contributed by atoms with Crippen LogP contribution in [-0.2, 0) is 0 Å². The second-order valence-electron chi connectivity index (χ2n) is 4.97. The topological polar surface area (TPSA) is 52.6 Å². The molecule has 0 bridgehead atoms. The molecule has 100 valence electrons. The zero-order valence-corrected chi connectivity index (χ0v) is 11.5. The van der Waals surface area contributed by atoms with Gasteiger partial charge in [-0.15, -0.1) is 0 Å². The first-order valence-corrected chi connectivity index (χ1v) is 6.15. The van der Waals surface area contributed by atoms with Gasteiger partial charge in [-0.25, -0.2) is 4.79 Å². The molecule has 0 aliphatic carbocycles. The van der Waals surface area contributed by atoms with Crippen molar-refractivity contribution in [2.45, 2.75) is 26.3 Å². The Morgan fingerprint density at radius 1 is 1.44 bits per heavy atom. The van der Waals surface area contributed by atoms with Crippen LogP contribution in [0.25, 0.3) is 0 Å². The van der Waals surface area contributed by atoms with Crippen LogP contribution < -0.4 is 5.32 Å². The van der Waals surface area contributed by atoms with Gasteiger partial charge in [-0.05, 0) is 64.7 Å². The summed E-state index contributed by atoms with van der Waals surface area (Å²) in [5.41, 5.74) is 2.12. The summed E-state index contributed by atoms with van der Waals surface area (Å²) in [7, 11) is 4.11. The van der Waals surface area contributed by atoms with Gasteiger partial charge in [0, 0.05) is 11.7 Å². The van der Waals surface area contributed by atoms with Crippen molar-refractivity contribution in [3.05, 3.63) is 29.3 Å². The predicted octanol–water partition coefficient (Wildman–Crippen LogP) is 2.45. The third-order valence-electron chi connectivity index (χ3n) is 2.88. The van der Waals surface area contributed by atoms with Gasteiger partial charge in [0.2, 0.25) is 0 Å². The zero-order chi connectivity index (χ0) is 13.7. The first-order valence-electron chi connectivity index (χ1n) is 6.15. The minimum Gasteiger partial charge on any atom is -0.478 e. The number of rotatable bonds is 6. The number of nitrogens with one attached hydrogen (secondary N) is 1. The van der Waals surface area contributed by atoms with E-state index in [1.54, 1.807) is 6.07 Å². The lowest BCUT2D eigenvalue weighted by Gasteiger charge is -2.18. The quantitative estimate of drug-likeness (QED) is 0.814. The van der Waals surface area contributed by atoms with E-state index >= 15 is 0 Å². The van der Waals surface area contributed by atoms with E-state index in [-0.39, 0.29) is 0 Å². The highest BCUT2D eigenvalue weighted by molar-refractivity contribution is 5.89. The highest BCUT2D eigenvalue weighted by Gasteiger charge is 2.08. The number of anilines is 1. The molecule has 1 atom stereocenters. The molecule has 0 radical (unpaired) electrons. The van der Waals surface area contributed by atoms with Crippen LogP contribution in [-0.4, -0.2) is 42.7 Å². The Balaban J connectivity index is 2.63. The van der Waals surface area contributed by atoms with Crippen molar-refractivity contribution in [2.75, 3.05) is 26.0 Å². The van der Waals surface area contributed by atoms with Crippen molar-refractivity contribution in [1.82, 2.24) is 4.90 Å². The molecule has 4 heteroatoms. The summed E-state index contributed by atoms with van der Waals surface area (Å²) >= 11 is 0. The molecule has 0 fully saturated rings. The summed E-state index contributed by atoms with van der Waals surface area (Å²) in [5.74, 6) is -0.875. The number of carbonyl (C=O) groups is 1. The summed E-state index contributed by atoms with van der Waals surface area (Å²) in [4.78, 5) is 13.1. The van der Waals surface area contributed by atoms with Crippen LogP contribution in [0.1, 0.15) is 29.3 Å². The molecule has 0 saturated heterocycles. The van der Waals surface area contributed by atoms with Gasteiger partial charge in [-0.1, -0.05) is 0 Å². The first-order chi connectivity index (χ1) is 8.40. The number of nitrogens with zero attached hydrogens (tertiary/aromatic N) is 1. The molecule has 0 aromatic heterocycles. The number of hydrogen-bond acceptors (Lipinski definition) is 3. The van der Waals surface area contributed by atoms with E-state index in [0.29, 0.717) is 11.6 Å². The average Bonchev–Trinajstić information content (AvgIpc) is 2.26. The number of benzene rings is 1. The minimum absolute atomic E-state index is 0.362. The van der Waals surface area contributed by atoms with E-state index < -0.39 is 5.97 Å². The molecule has 1 aromatic carbocycles. The molecule has 0 spiro atoms. The molecule has 4 nitrogen and oxygen atoms in total. The smallest absolute Gasteiger partial charge is 0.335 e. The SMILES string of the molecule is Cc1cc(NC(C)CCN(C)C)ccc1C(=O)O. The van der Waals surface area contributed by atoms with Crippen LogP contribution >= 0.6 is 0 Å². The summed E-state index contributed by atoms with van der Waals surface area (Å²) in [5, 5.41) is 12.3. The van der Waals surface area contributed by atoms with Crippen LogP contribution in [0.3, 0.4) is 0 Å². The average molecular weight is 250 g/mol. The maximum atomic E-state index is 10.9. The van der Waals surface area contributed by atoms with E-state index in [1.165, 1.54) is 0 Å². The van der Waals surface area contributed by atoms with Gasteiger partial charge in [0.05, 0.1) is 5.56 Å². The third kappa shape index (κ3) is 4.37. The highest BCUT2D eigenvalue weighted by Crippen LogP contribution is 2.16. The third-order valence-corrected chi connectivity index (χ3v) is 2.88. The van der Waals surface area contributed by atoms with Crippen molar-refractivity contribution in [2.24, 2.45) is 0 Å². The Labute approximate surface area is 109 Å². The van der Waals surface area contributed by atoms with E-state index in [1.807, 2.05) is 19.1 Å². The van der Waals surface area contributed by atoms with Crippen LogP contribution in [0.4, 0.5) is 5.69 Å². The second kappa shape index (κ2) is 6.40. The maximum absolute atomic E-state index is 10.9. The van der Waals surface area contributed by atoms with Gasteiger partial charge in [0.25, 0.3) is 0 Å². The van der Waals surface area contributed by atoms with E-state index in [0.717, 1.165) is 24.2 Å². The highest BCUT2D eigenvalue weighted by atomic mass is 16.4. The van der Waals surface area contributed by atoms with Crippen LogP contribution in [0.2, 0.25) is 0 Å². The monoisotopic (exact) mass is 250 g/mol. The predicted molar refractivity (Wildman–Crippen MR) is 74.4 cm³/mol. The van der Waals surface area contributed by atoms with Gasteiger partial charge >= 0.3 is 5.97 Å².